The van der Waals surface area contributed by atoms with Crippen LogP contribution in [-0.2, 0) is 13.0 Å². The highest BCUT2D eigenvalue weighted by molar-refractivity contribution is 7.09. The van der Waals surface area contributed by atoms with Gasteiger partial charge >= 0.3 is 0 Å². The molecule has 0 saturated heterocycles. The van der Waals surface area contributed by atoms with Crippen LogP contribution in [0.5, 0.6) is 0 Å². The second-order valence-electron chi connectivity index (χ2n) is 5.44. The van der Waals surface area contributed by atoms with Gasteiger partial charge in [0.25, 0.3) is 5.91 Å². The lowest BCUT2D eigenvalue weighted by Crippen LogP contribution is -2.45. The first kappa shape index (κ1) is 15.9. The molecule has 112 valence electrons. The molecule has 0 unspecified atom stereocenters. The van der Waals surface area contributed by atoms with Crippen LogP contribution < -0.4 is 11.1 Å². The van der Waals surface area contributed by atoms with Crippen LogP contribution in [0.2, 0.25) is 5.02 Å². The van der Waals surface area contributed by atoms with Crippen molar-refractivity contribution in [2.24, 2.45) is 5.73 Å². The Labute approximate surface area is 133 Å². The number of amides is 1. The van der Waals surface area contributed by atoms with Gasteiger partial charge in [-0.15, -0.1) is 11.3 Å². The van der Waals surface area contributed by atoms with E-state index >= 15 is 0 Å². The first-order valence-electron chi connectivity index (χ1n) is 6.62. The van der Waals surface area contributed by atoms with Gasteiger partial charge in [0.15, 0.2) is 0 Å². The predicted octanol–water partition coefficient (Wildman–Crippen LogP) is 3.01. The molecule has 2 aromatic rings. The van der Waals surface area contributed by atoms with Crippen LogP contribution in [-0.4, -0.2) is 16.4 Å². The van der Waals surface area contributed by atoms with Crippen molar-refractivity contribution in [1.82, 2.24) is 10.3 Å². The third-order valence-corrected chi connectivity index (χ3v) is 4.24. The first-order valence-corrected chi connectivity index (χ1v) is 7.87. The van der Waals surface area contributed by atoms with E-state index in [0.29, 0.717) is 23.7 Å². The molecule has 3 N–H and O–H groups in total. The number of benzene rings is 1. The molecule has 0 radical (unpaired) electrons. The molecule has 1 heterocycles. The molecule has 0 aliphatic carbocycles. The van der Waals surface area contributed by atoms with E-state index in [-0.39, 0.29) is 5.91 Å². The van der Waals surface area contributed by atoms with E-state index in [4.69, 9.17) is 17.3 Å². The topological polar surface area (TPSA) is 68.0 Å². The van der Waals surface area contributed by atoms with E-state index in [9.17, 15) is 4.79 Å². The highest BCUT2D eigenvalue weighted by Gasteiger charge is 2.23. The highest BCUT2D eigenvalue weighted by Crippen LogP contribution is 2.21. The van der Waals surface area contributed by atoms with Gasteiger partial charge < -0.3 is 11.1 Å². The number of carbonyl (C=O) groups excluding carboxylic acids is 1. The average Bonchev–Trinajstić information content (AvgIpc) is 2.89. The third-order valence-electron chi connectivity index (χ3n) is 3.00. The largest absolute Gasteiger partial charge is 0.345 e. The van der Waals surface area contributed by atoms with Gasteiger partial charge in [0.1, 0.15) is 10.7 Å². The van der Waals surface area contributed by atoms with E-state index in [1.165, 1.54) is 11.3 Å². The van der Waals surface area contributed by atoms with Gasteiger partial charge in [-0.2, -0.15) is 0 Å². The number of nitrogens with zero attached hydrogens (tertiary/aromatic N) is 1. The lowest BCUT2D eigenvalue weighted by atomic mass is 9.94. The fourth-order valence-corrected chi connectivity index (χ4v) is 2.90. The minimum atomic E-state index is -0.422. The maximum absolute atomic E-state index is 12.2. The van der Waals surface area contributed by atoms with Crippen molar-refractivity contribution < 1.29 is 4.79 Å². The minimum Gasteiger partial charge on any atom is -0.345 e. The summed E-state index contributed by atoms with van der Waals surface area (Å²) < 4.78 is 0. The summed E-state index contributed by atoms with van der Waals surface area (Å²) in [5.41, 5.74) is 6.50. The molecule has 1 amide bonds. The van der Waals surface area contributed by atoms with E-state index in [1.807, 2.05) is 38.1 Å². The average molecular weight is 324 g/mol. The number of thiazole rings is 1. The molecule has 0 aliphatic rings. The number of hydrogen-bond acceptors (Lipinski definition) is 4. The highest BCUT2D eigenvalue weighted by atomic mass is 35.5. The van der Waals surface area contributed by atoms with Crippen molar-refractivity contribution >= 4 is 28.8 Å². The molecule has 0 saturated carbocycles. The molecular formula is C15H18ClN3OS. The second kappa shape index (κ2) is 6.56. The fourth-order valence-electron chi connectivity index (χ4n) is 2.04. The molecular weight excluding hydrogens is 306 g/mol. The van der Waals surface area contributed by atoms with E-state index in [2.05, 4.69) is 10.3 Å². The summed E-state index contributed by atoms with van der Waals surface area (Å²) in [6.45, 7) is 4.27. The van der Waals surface area contributed by atoms with Gasteiger partial charge in [0, 0.05) is 22.5 Å². The van der Waals surface area contributed by atoms with Crippen LogP contribution in [0.1, 0.15) is 34.9 Å². The third kappa shape index (κ3) is 4.27. The maximum Gasteiger partial charge on any atom is 0.271 e. The monoisotopic (exact) mass is 323 g/mol. The molecule has 1 aromatic heterocycles. The van der Waals surface area contributed by atoms with Gasteiger partial charge in [-0.1, -0.05) is 29.8 Å². The lowest BCUT2D eigenvalue weighted by molar-refractivity contribution is 0.0908. The summed E-state index contributed by atoms with van der Waals surface area (Å²) in [4.78, 5) is 16.4. The van der Waals surface area contributed by atoms with Crippen molar-refractivity contribution in [1.29, 1.82) is 0 Å². The van der Waals surface area contributed by atoms with Crippen LogP contribution in [0, 0.1) is 0 Å². The van der Waals surface area contributed by atoms with Gasteiger partial charge in [-0.25, -0.2) is 4.98 Å². The molecule has 2 rings (SSSR count). The smallest absolute Gasteiger partial charge is 0.271 e. The van der Waals surface area contributed by atoms with Crippen molar-refractivity contribution in [2.45, 2.75) is 32.4 Å². The number of aromatic nitrogens is 1. The number of nitrogens with two attached hydrogens (primary N) is 1. The molecule has 0 aliphatic heterocycles. The lowest BCUT2D eigenvalue weighted by Gasteiger charge is -2.26. The Morgan fingerprint density at radius 2 is 2.14 bits per heavy atom. The number of carbonyl (C=O) groups is 1. The molecule has 21 heavy (non-hydrogen) atoms. The normalized spacial score (nSPS) is 11.4. The predicted molar refractivity (Wildman–Crippen MR) is 86.7 cm³/mol. The van der Waals surface area contributed by atoms with Crippen molar-refractivity contribution in [2.75, 3.05) is 0 Å². The summed E-state index contributed by atoms with van der Waals surface area (Å²) in [5.74, 6) is -0.192. The SMILES string of the molecule is CC(C)(Cc1ccccc1Cl)NC(=O)c1csc(CN)n1. The summed E-state index contributed by atoms with van der Waals surface area (Å²) in [5, 5.41) is 6.18. The quantitative estimate of drug-likeness (QED) is 0.888. The number of nitrogens with one attached hydrogen (secondary N) is 1. The Morgan fingerprint density at radius 3 is 2.76 bits per heavy atom. The van der Waals surface area contributed by atoms with Crippen molar-refractivity contribution in [3.05, 3.63) is 50.9 Å². The van der Waals surface area contributed by atoms with Crippen LogP contribution >= 0.6 is 22.9 Å². The zero-order valence-corrected chi connectivity index (χ0v) is 13.6. The first-order chi connectivity index (χ1) is 9.91. The minimum absolute atomic E-state index is 0.192. The van der Waals surface area contributed by atoms with Gasteiger partial charge in [0.05, 0.1) is 0 Å². The summed E-state index contributed by atoms with van der Waals surface area (Å²) in [6, 6.07) is 7.64. The van der Waals surface area contributed by atoms with E-state index in [1.54, 1.807) is 5.38 Å². The molecule has 0 fully saturated rings. The number of hydrogen-bond donors (Lipinski definition) is 2. The van der Waals surface area contributed by atoms with E-state index < -0.39 is 5.54 Å². The van der Waals surface area contributed by atoms with Crippen LogP contribution in [0.4, 0.5) is 0 Å². The number of rotatable bonds is 5. The molecule has 0 atom stereocenters. The van der Waals surface area contributed by atoms with Crippen molar-refractivity contribution in [3.8, 4) is 0 Å². The van der Waals surface area contributed by atoms with Crippen LogP contribution in [0.25, 0.3) is 0 Å². The van der Waals surface area contributed by atoms with E-state index in [0.717, 1.165) is 10.6 Å². The maximum atomic E-state index is 12.2. The second-order valence-corrected chi connectivity index (χ2v) is 6.79. The Morgan fingerprint density at radius 1 is 1.43 bits per heavy atom. The summed E-state index contributed by atoms with van der Waals surface area (Å²) >= 11 is 7.56. The zero-order valence-electron chi connectivity index (χ0n) is 12.0. The van der Waals surface area contributed by atoms with Gasteiger partial charge in [-0.05, 0) is 31.9 Å². The van der Waals surface area contributed by atoms with Gasteiger partial charge in [-0.3, -0.25) is 4.79 Å². The Balaban J connectivity index is 2.06. The summed E-state index contributed by atoms with van der Waals surface area (Å²) in [7, 11) is 0. The van der Waals surface area contributed by atoms with Crippen molar-refractivity contribution in [3.63, 3.8) is 0 Å². The molecule has 6 heteroatoms. The van der Waals surface area contributed by atoms with Crippen LogP contribution in [0.15, 0.2) is 29.6 Å². The Bertz CT molecular complexity index is 639. The Kier molecular flexibility index (Phi) is 4.98. The molecule has 0 spiro atoms. The Hall–Kier alpha value is -1.43. The fraction of sp³-hybridized carbons (Fsp3) is 0.333. The zero-order chi connectivity index (χ0) is 15.5. The molecule has 0 bridgehead atoms. The molecule has 4 nitrogen and oxygen atoms in total. The standard InChI is InChI=1S/C15H18ClN3OS/c1-15(2,7-10-5-3-4-6-11(10)16)19-14(20)12-9-21-13(8-17)18-12/h3-6,9H,7-8,17H2,1-2H3,(H,19,20). The summed E-state index contributed by atoms with van der Waals surface area (Å²) in [6.07, 6.45) is 0.645. The number of halogens is 1. The van der Waals surface area contributed by atoms with Crippen LogP contribution in [0.3, 0.4) is 0 Å². The van der Waals surface area contributed by atoms with Gasteiger partial charge in [0.2, 0.25) is 0 Å². The molecule has 1 aromatic carbocycles.